The van der Waals surface area contributed by atoms with Crippen molar-refractivity contribution in [2.45, 2.75) is 81.1 Å². The molecule has 0 saturated carbocycles. The van der Waals surface area contributed by atoms with Crippen LogP contribution in [0.1, 0.15) is 116 Å². The Balaban J connectivity index is 1.34. The summed E-state index contributed by atoms with van der Waals surface area (Å²) < 4.78 is 0. The number of benzene rings is 5. The van der Waals surface area contributed by atoms with Crippen molar-refractivity contribution in [1.82, 2.24) is 19.9 Å². The average molecular weight is 983 g/mol. The molecule has 8 bridgehead atoms. The van der Waals surface area contributed by atoms with Gasteiger partial charge in [-0.05, 0) is 161 Å². The van der Waals surface area contributed by atoms with Crippen molar-refractivity contribution in [3.05, 3.63) is 202 Å². The molecule has 3 aromatic heterocycles. The summed E-state index contributed by atoms with van der Waals surface area (Å²) in [6, 6.07) is 51.3. The molecule has 0 atom stereocenters. The zero-order chi connectivity index (χ0) is 52.3. The number of H-pyrrole nitrogens is 2. The minimum absolute atomic E-state index is 0.213. The molecule has 0 amide bonds. The van der Waals surface area contributed by atoms with Gasteiger partial charge in [-0.25, -0.2) is 14.8 Å². The Morgan fingerprint density at radius 3 is 1.13 bits per heavy atom. The first kappa shape index (κ1) is 50.3. The van der Waals surface area contributed by atoms with Crippen molar-refractivity contribution in [1.29, 1.82) is 0 Å². The van der Waals surface area contributed by atoms with Crippen LogP contribution in [0.15, 0.2) is 146 Å². The van der Waals surface area contributed by atoms with Crippen molar-refractivity contribution < 1.29 is 9.90 Å². The molecule has 75 heavy (non-hydrogen) atoms. The Labute approximate surface area is 442 Å². The molecular formula is C69H66N4O2. The molecule has 5 heterocycles. The third kappa shape index (κ3) is 11.3. The lowest BCUT2D eigenvalue weighted by Crippen LogP contribution is -1.95. The Morgan fingerprint density at radius 2 is 0.773 bits per heavy atom. The number of fused-ring (bicyclic) bond motifs is 8. The maximum atomic E-state index is 11.8. The standard InChI is InChI=1S/C69H66N4O2/c1-42(2)37-47-12-20-51(21-13-47)64-57-31-32-58(70-57)65(52-22-14-48(15-23-52)38-43(3)4)60-35-36-62(72-60)67(54-26-18-50(19-27-54)40-45(7)8)68-56(30-11-46-9-28-55(29-10-46)69(74)75)41-63(73-68)66(61-34-33-59(64)71-61)53-24-16-49(17-25-53)39-44(5)6/h9-10,12-29,31-36,41-45,71-72H,37-40H2,1-8H3,(H,74,75). The van der Waals surface area contributed by atoms with E-state index in [1.54, 1.807) is 24.3 Å². The van der Waals surface area contributed by atoms with Gasteiger partial charge in [0.15, 0.2) is 0 Å². The Kier molecular flexibility index (Phi) is 14.5. The third-order valence-corrected chi connectivity index (χ3v) is 13.9. The Hall–Kier alpha value is -8.27. The predicted molar refractivity (Wildman–Crippen MR) is 314 cm³/mol. The monoisotopic (exact) mass is 983 g/mol. The summed E-state index contributed by atoms with van der Waals surface area (Å²) in [5, 5.41) is 9.70. The van der Waals surface area contributed by atoms with E-state index in [0.717, 1.165) is 121 Å². The molecule has 3 N–H and O–H groups in total. The van der Waals surface area contributed by atoms with Crippen molar-refractivity contribution in [2.24, 2.45) is 23.7 Å². The first-order valence-electron chi connectivity index (χ1n) is 26.7. The van der Waals surface area contributed by atoms with E-state index in [1.165, 1.54) is 22.3 Å². The zero-order valence-corrected chi connectivity index (χ0v) is 44.5. The minimum Gasteiger partial charge on any atom is -0.478 e. The van der Waals surface area contributed by atoms with Crippen LogP contribution in [0, 0.1) is 35.5 Å². The van der Waals surface area contributed by atoms with Gasteiger partial charge in [0.2, 0.25) is 0 Å². The van der Waals surface area contributed by atoms with E-state index in [4.69, 9.17) is 9.97 Å². The molecule has 6 nitrogen and oxygen atoms in total. The van der Waals surface area contributed by atoms with Gasteiger partial charge >= 0.3 is 5.97 Å². The second-order valence-corrected chi connectivity index (χ2v) is 22.0. The molecule has 0 aliphatic carbocycles. The number of allylic oxidation sites excluding steroid dienone is 1. The fraction of sp³-hybridized carbons (Fsp3) is 0.232. The highest BCUT2D eigenvalue weighted by Gasteiger charge is 2.23. The largest absolute Gasteiger partial charge is 0.478 e. The van der Waals surface area contributed by atoms with Crippen molar-refractivity contribution >= 4 is 51.8 Å². The van der Waals surface area contributed by atoms with Crippen LogP contribution in [0.4, 0.5) is 0 Å². The second-order valence-electron chi connectivity index (χ2n) is 22.0. The fourth-order valence-corrected chi connectivity index (χ4v) is 10.5. The number of nitrogens with one attached hydrogen (secondary N) is 2. The van der Waals surface area contributed by atoms with Crippen LogP contribution >= 0.6 is 0 Å². The molecule has 0 spiro atoms. The summed E-state index contributed by atoms with van der Waals surface area (Å²) in [7, 11) is 0. The molecule has 0 unspecified atom stereocenters. The minimum atomic E-state index is -0.976. The van der Waals surface area contributed by atoms with Gasteiger partial charge in [0.1, 0.15) is 0 Å². The highest BCUT2D eigenvalue weighted by Crippen LogP contribution is 2.41. The lowest BCUT2D eigenvalue weighted by molar-refractivity contribution is 0.0697. The molecule has 5 aromatic carbocycles. The smallest absolute Gasteiger partial charge is 0.335 e. The molecular weight excluding hydrogens is 917 g/mol. The summed E-state index contributed by atoms with van der Waals surface area (Å²) in [5.74, 6) is 8.09. The van der Waals surface area contributed by atoms with Crippen molar-refractivity contribution in [3.8, 4) is 56.3 Å². The van der Waals surface area contributed by atoms with Gasteiger partial charge in [-0.15, -0.1) is 0 Å². The lowest BCUT2D eigenvalue weighted by Gasteiger charge is -2.10. The third-order valence-electron chi connectivity index (χ3n) is 13.9. The quantitative estimate of drug-likeness (QED) is 0.100. The van der Waals surface area contributed by atoms with Gasteiger partial charge in [0.05, 0.1) is 33.9 Å². The topological polar surface area (TPSA) is 94.7 Å². The van der Waals surface area contributed by atoms with E-state index in [0.29, 0.717) is 29.2 Å². The molecule has 2 aliphatic rings. The molecule has 0 fully saturated rings. The highest BCUT2D eigenvalue weighted by molar-refractivity contribution is 6.05. The number of hydrogen-bond acceptors (Lipinski definition) is 3. The van der Waals surface area contributed by atoms with Gasteiger partial charge in [0.25, 0.3) is 0 Å². The van der Waals surface area contributed by atoms with E-state index in [-0.39, 0.29) is 5.56 Å². The molecule has 10 rings (SSSR count). The number of carbonyl (C=O) groups is 1. The SMILES string of the molecule is CC(C)Cc1ccc(-c2c3nc(c(-c4ccc(CC(C)C)cc4)c4ccc([nH]4)c(-c4ccc(CC(C)C)cc4)c4nc(c(-c5ccc(CC(C)C)cc5)c5ccc2[nH]5)C=C4C#Cc2ccc(C(=O)O)cc2)C=C3)cc1. The summed E-state index contributed by atoms with van der Waals surface area (Å²) in [6.07, 6.45) is 10.4. The lowest BCUT2D eigenvalue weighted by atomic mass is 9.96. The van der Waals surface area contributed by atoms with E-state index in [1.807, 2.05) is 0 Å². The molecule has 374 valence electrons. The van der Waals surface area contributed by atoms with Gasteiger partial charge < -0.3 is 15.1 Å². The average Bonchev–Trinajstić information content (AvgIpc) is 4.24. The van der Waals surface area contributed by atoms with E-state index in [2.05, 4.69) is 217 Å². The molecule has 8 aromatic rings. The van der Waals surface area contributed by atoms with Crippen molar-refractivity contribution in [3.63, 3.8) is 0 Å². The van der Waals surface area contributed by atoms with Gasteiger partial charge in [-0.1, -0.05) is 164 Å². The molecule has 6 heteroatoms. The number of rotatable bonds is 13. The summed E-state index contributed by atoms with van der Waals surface area (Å²) in [6.45, 7) is 18.0. The Morgan fingerprint density at radius 1 is 0.427 bits per heavy atom. The molecule has 0 radical (unpaired) electrons. The van der Waals surface area contributed by atoms with Gasteiger partial charge in [-0.2, -0.15) is 0 Å². The van der Waals surface area contributed by atoms with E-state index < -0.39 is 5.97 Å². The summed E-state index contributed by atoms with van der Waals surface area (Å²) >= 11 is 0. The molecule has 0 saturated heterocycles. The highest BCUT2D eigenvalue weighted by atomic mass is 16.4. The number of aromatic nitrogens is 4. The first-order chi connectivity index (χ1) is 36.2. The first-order valence-corrected chi connectivity index (χ1v) is 26.7. The molecule has 2 aliphatic heterocycles. The zero-order valence-electron chi connectivity index (χ0n) is 44.5. The van der Waals surface area contributed by atoms with Crippen LogP contribution in [0.5, 0.6) is 0 Å². The van der Waals surface area contributed by atoms with Gasteiger partial charge in [0, 0.05) is 49.9 Å². The number of carboxylic acids is 1. The number of carboxylic acid groups (broad SMARTS) is 1. The summed E-state index contributed by atoms with van der Waals surface area (Å²) in [5.41, 5.74) is 21.8. The van der Waals surface area contributed by atoms with Crippen molar-refractivity contribution in [2.75, 3.05) is 0 Å². The maximum Gasteiger partial charge on any atom is 0.335 e. The van der Waals surface area contributed by atoms with Crippen LogP contribution in [-0.4, -0.2) is 31.0 Å². The van der Waals surface area contributed by atoms with Crippen LogP contribution < -0.4 is 0 Å². The normalized spacial score (nSPS) is 12.2. The summed E-state index contributed by atoms with van der Waals surface area (Å²) in [4.78, 5) is 31.1. The van der Waals surface area contributed by atoms with Crippen LogP contribution in [0.2, 0.25) is 0 Å². The number of nitrogens with zero attached hydrogens (tertiary/aromatic N) is 2. The fourth-order valence-electron chi connectivity index (χ4n) is 10.5. The van der Waals surface area contributed by atoms with E-state index in [9.17, 15) is 9.90 Å². The van der Waals surface area contributed by atoms with Crippen LogP contribution in [0.25, 0.3) is 90.4 Å². The second kappa shape index (κ2) is 21.7. The van der Waals surface area contributed by atoms with Crippen LogP contribution in [-0.2, 0) is 25.7 Å². The predicted octanol–water partition coefficient (Wildman–Crippen LogP) is 17.2. The number of aromatic amines is 2. The Bertz CT molecular complexity index is 3700. The number of hydrogen-bond donors (Lipinski definition) is 3. The van der Waals surface area contributed by atoms with E-state index >= 15 is 0 Å². The van der Waals surface area contributed by atoms with Gasteiger partial charge in [-0.3, -0.25) is 0 Å². The number of aromatic carboxylic acids is 1. The van der Waals surface area contributed by atoms with Crippen LogP contribution in [0.3, 0.4) is 0 Å². The maximum absolute atomic E-state index is 11.8.